The predicted octanol–water partition coefficient (Wildman–Crippen LogP) is 7.80. The van der Waals surface area contributed by atoms with Crippen molar-refractivity contribution in [2.45, 2.75) is 48.5 Å². The first-order valence-corrected chi connectivity index (χ1v) is 10.0. The molecule has 28 heavy (non-hydrogen) atoms. The molecule has 0 saturated heterocycles. The van der Waals surface area contributed by atoms with E-state index in [2.05, 4.69) is 115 Å². The van der Waals surface area contributed by atoms with Gasteiger partial charge in [0, 0.05) is 16.6 Å². The van der Waals surface area contributed by atoms with Gasteiger partial charge in [-0.05, 0) is 35.6 Å². The molecule has 0 amide bonds. The molecule has 0 spiro atoms. The average Bonchev–Trinajstić information content (AvgIpc) is 2.83. The van der Waals surface area contributed by atoms with Crippen molar-refractivity contribution >= 4 is 11.3 Å². The normalized spacial score (nSPS) is 15.5. The summed E-state index contributed by atoms with van der Waals surface area (Å²) >= 11 is 0. The van der Waals surface area contributed by atoms with Gasteiger partial charge in [0.2, 0.25) is 0 Å². The molecule has 1 aliphatic heterocycles. The van der Waals surface area contributed by atoms with Gasteiger partial charge in [-0.2, -0.15) is 0 Å². The third-order valence-corrected chi connectivity index (χ3v) is 5.01. The van der Waals surface area contributed by atoms with E-state index in [1.54, 1.807) is 0 Å². The summed E-state index contributed by atoms with van der Waals surface area (Å²) in [6, 6.07) is 19.2. The van der Waals surface area contributed by atoms with Crippen molar-refractivity contribution in [1.29, 1.82) is 0 Å². The highest BCUT2D eigenvalue weighted by Gasteiger charge is 2.29. The molecule has 1 nitrogen and oxygen atoms in total. The Morgan fingerprint density at radius 2 is 1.25 bits per heavy atom. The number of benzene rings is 2. The quantitative estimate of drug-likeness (QED) is 0.522. The van der Waals surface area contributed by atoms with Crippen LogP contribution in [0.4, 0.5) is 0 Å². The van der Waals surface area contributed by atoms with E-state index in [0.717, 1.165) is 17.1 Å². The highest BCUT2D eigenvalue weighted by molar-refractivity contribution is 5.82. The van der Waals surface area contributed by atoms with Crippen LogP contribution in [0.15, 0.2) is 78.1 Å². The third kappa shape index (κ3) is 4.47. The number of hydrogen-bond donors (Lipinski definition) is 0. The molecule has 0 aliphatic carbocycles. The van der Waals surface area contributed by atoms with Gasteiger partial charge in [0.05, 0.1) is 0 Å². The summed E-state index contributed by atoms with van der Waals surface area (Å²) < 4.78 is 6.68. The van der Waals surface area contributed by atoms with Crippen LogP contribution in [-0.4, -0.2) is 0 Å². The number of hydrogen-bond acceptors (Lipinski definition) is 1. The molecule has 2 aromatic carbocycles. The van der Waals surface area contributed by atoms with Gasteiger partial charge in [-0.1, -0.05) is 102 Å². The van der Waals surface area contributed by atoms with Crippen LogP contribution in [-0.2, 0) is 4.74 Å². The zero-order valence-electron chi connectivity index (χ0n) is 18.3. The van der Waals surface area contributed by atoms with Gasteiger partial charge >= 0.3 is 0 Å². The molecule has 0 unspecified atom stereocenters. The second-order valence-electron chi connectivity index (χ2n) is 9.69. The standard InChI is InChI=1S/C27H32O/c1-19-13-15-21(16-14-19)25-23(26(2,3)4)17-22(20-11-9-8-10-12-20)18-24(28-25)27(5,6)7/h8-18H,1-7H3. The SMILES string of the molecule is Cc1ccc(C2=C(C(C)(C)C)C=C(c3ccccc3)C=C(C(C)(C)C)O2)cc1. The van der Waals surface area contributed by atoms with Gasteiger partial charge in [-0.3, -0.25) is 0 Å². The molecule has 146 valence electrons. The molecule has 3 rings (SSSR count). The molecule has 0 saturated carbocycles. The molecule has 1 aliphatic rings. The van der Waals surface area contributed by atoms with Crippen molar-refractivity contribution in [2.75, 3.05) is 0 Å². The summed E-state index contributed by atoms with van der Waals surface area (Å²) in [6.07, 6.45) is 4.52. The Balaban J connectivity index is 2.29. The van der Waals surface area contributed by atoms with E-state index < -0.39 is 0 Å². The van der Waals surface area contributed by atoms with Crippen molar-refractivity contribution in [3.05, 3.63) is 94.8 Å². The minimum atomic E-state index is -0.100. The lowest BCUT2D eigenvalue weighted by atomic mass is 9.82. The van der Waals surface area contributed by atoms with Crippen LogP contribution in [0.5, 0.6) is 0 Å². The van der Waals surface area contributed by atoms with E-state index >= 15 is 0 Å². The van der Waals surface area contributed by atoms with E-state index in [0.29, 0.717) is 0 Å². The Morgan fingerprint density at radius 3 is 1.79 bits per heavy atom. The van der Waals surface area contributed by atoms with Crippen LogP contribution in [0.25, 0.3) is 11.3 Å². The van der Waals surface area contributed by atoms with E-state index in [-0.39, 0.29) is 10.8 Å². The molecular weight excluding hydrogens is 340 g/mol. The van der Waals surface area contributed by atoms with E-state index in [9.17, 15) is 0 Å². The highest BCUT2D eigenvalue weighted by Crippen LogP contribution is 2.43. The molecule has 0 radical (unpaired) electrons. The van der Waals surface area contributed by atoms with Crippen LogP contribution in [0, 0.1) is 17.8 Å². The zero-order valence-corrected chi connectivity index (χ0v) is 18.3. The van der Waals surface area contributed by atoms with Crippen molar-refractivity contribution < 1.29 is 4.74 Å². The molecular formula is C27H32O. The van der Waals surface area contributed by atoms with Gasteiger partial charge < -0.3 is 4.74 Å². The Kier molecular flexibility index (Phi) is 5.39. The van der Waals surface area contributed by atoms with Crippen LogP contribution < -0.4 is 0 Å². The fourth-order valence-corrected chi connectivity index (χ4v) is 3.24. The summed E-state index contributed by atoms with van der Waals surface area (Å²) in [5.41, 5.74) is 5.83. The molecule has 0 bridgehead atoms. The fourth-order valence-electron chi connectivity index (χ4n) is 3.24. The second kappa shape index (κ2) is 7.47. The number of aryl methyl sites for hydroxylation is 1. The molecule has 0 aromatic heterocycles. The molecule has 2 aromatic rings. The van der Waals surface area contributed by atoms with Crippen molar-refractivity contribution in [3.63, 3.8) is 0 Å². The van der Waals surface area contributed by atoms with Crippen LogP contribution in [0.3, 0.4) is 0 Å². The topological polar surface area (TPSA) is 9.23 Å². The first kappa shape index (κ1) is 20.2. The summed E-state index contributed by atoms with van der Waals surface area (Å²) in [5, 5.41) is 0. The Morgan fingerprint density at radius 1 is 0.643 bits per heavy atom. The maximum absolute atomic E-state index is 6.68. The molecule has 1 heteroatoms. The first-order chi connectivity index (χ1) is 13.1. The third-order valence-electron chi connectivity index (χ3n) is 5.01. The molecule has 0 N–H and O–H groups in total. The monoisotopic (exact) mass is 372 g/mol. The largest absolute Gasteiger partial charge is 0.460 e. The summed E-state index contributed by atoms with van der Waals surface area (Å²) in [6.45, 7) is 15.5. The second-order valence-corrected chi connectivity index (χ2v) is 9.69. The van der Waals surface area contributed by atoms with Crippen molar-refractivity contribution in [1.82, 2.24) is 0 Å². The Bertz CT molecular complexity index is 924. The first-order valence-electron chi connectivity index (χ1n) is 10.0. The van der Waals surface area contributed by atoms with Crippen molar-refractivity contribution in [3.8, 4) is 0 Å². The minimum absolute atomic E-state index is 0.0541. The number of allylic oxidation sites excluding steroid dienone is 5. The highest BCUT2D eigenvalue weighted by atomic mass is 16.5. The van der Waals surface area contributed by atoms with Gasteiger partial charge in [0.25, 0.3) is 0 Å². The lowest BCUT2D eigenvalue weighted by Crippen LogP contribution is -2.15. The van der Waals surface area contributed by atoms with Gasteiger partial charge in [-0.25, -0.2) is 0 Å². The average molecular weight is 373 g/mol. The number of ether oxygens (including phenoxy) is 1. The van der Waals surface area contributed by atoms with Gasteiger partial charge in [0.1, 0.15) is 11.5 Å². The van der Waals surface area contributed by atoms with Crippen LogP contribution in [0.2, 0.25) is 0 Å². The Hall–Kier alpha value is -2.54. The van der Waals surface area contributed by atoms with Crippen LogP contribution >= 0.6 is 0 Å². The maximum Gasteiger partial charge on any atom is 0.137 e. The smallest absolute Gasteiger partial charge is 0.137 e. The zero-order chi connectivity index (χ0) is 20.5. The predicted molar refractivity (Wildman–Crippen MR) is 121 cm³/mol. The molecule has 0 fully saturated rings. The maximum atomic E-state index is 6.68. The summed E-state index contributed by atoms with van der Waals surface area (Å²) in [7, 11) is 0. The molecule has 1 heterocycles. The lowest BCUT2D eigenvalue weighted by Gasteiger charge is -2.28. The molecule has 0 atom stereocenters. The lowest BCUT2D eigenvalue weighted by molar-refractivity contribution is 0.262. The van der Waals surface area contributed by atoms with E-state index in [4.69, 9.17) is 4.74 Å². The Labute approximate surface area is 170 Å². The van der Waals surface area contributed by atoms with E-state index in [1.165, 1.54) is 22.3 Å². The van der Waals surface area contributed by atoms with Crippen LogP contribution in [0.1, 0.15) is 58.2 Å². The number of rotatable bonds is 2. The fraction of sp³-hybridized carbons (Fsp3) is 0.333. The van der Waals surface area contributed by atoms with Gasteiger partial charge in [-0.15, -0.1) is 0 Å². The van der Waals surface area contributed by atoms with Crippen molar-refractivity contribution in [2.24, 2.45) is 10.8 Å². The summed E-state index contributed by atoms with van der Waals surface area (Å²) in [5.74, 6) is 1.94. The minimum Gasteiger partial charge on any atom is -0.460 e. The van der Waals surface area contributed by atoms with E-state index in [1.807, 2.05) is 0 Å². The van der Waals surface area contributed by atoms with Gasteiger partial charge in [0.15, 0.2) is 0 Å². The summed E-state index contributed by atoms with van der Waals surface area (Å²) in [4.78, 5) is 0.